The lowest BCUT2D eigenvalue weighted by molar-refractivity contribution is 0.0457. The van der Waals surface area contributed by atoms with Crippen molar-refractivity contribution in [2.24, 2.45) is 10.9 Å². The molecule has 8 nitrogen and oxygen atoms in total. The van der Waals surface area contributed by atoms with E-state index in [0.717, 1.165) is 78.6 Å². The van der Waals surface area contributed by atoms with Gasteiger partial charge in [-0.05, 0) is 62.1 Å². The Morgan fingerprint density at radius 2 is 1.86 bits per heavy atom. The van der Waals surface area contributed by atoms with Crippen molar-refractivity contribution in [3.8, 4) is 17.2 Å². The normalized spacial score (nSPS) is 21.9. The Morgan fingerprint density at radius 3 is 2.65 bits per heavy atom. The first-order valence-electron chi connectivity index (χ1n) is 13.0. The fourth-order valence-electron chi connectivity index (χ4n) is 6.18. The van der Waals surface area contributed by atoms with Crippen molar-refractivity contribution in [1.82, 2.24) is 14.6 Å². The summed E-state index contributed by atoms with van der Waals surface area (Å²) in [5.74, 6) is 2.71. The van der Waals surface area contributed by atoms with Crippen LogP contribution in [0.15, 0.2) is 53.9 Å². The van der Waals surface area contributed by atoms with Gasteiger partial charge in [0.15, 0.2) is 17.2 Å². The number of piperidine rings is 1. The number of imidazole rings is 1. The highest BCUT2D eigenvalue weighted by molar-refractivity contribution is 5.90. The van der Waals surface area contributed by atoms with Crippen LogP contribution in [0.2, 0.25) is 0 Å². The van der Waals surface area contributed by atoms with Gasteiger partial charge in [-0.2, -0.15) is 0 Å². The van der Waals surface area contributed by atoms with Crippen molar-refractivity contribution in [3.05, 3.63) is 66.0 Å². The van der Waals surface area contributed by atoms with E-state index in [9.17, 15) is 4.39 Å². The maximum absolute atomic E-state index is 13.8. The molecular formula is C28H30FN5O3. The molecule has 0 saturated carbocycles. The van der Waals surface area contributed by atoms with E-state index in [4.69, 9.17) is 19.2 Å². The highest BCUT2D eigenvalue weighted by Gasteiger charge is 2.50. The zero-order valence-electron chi connectivity index (χ0n) is 20.9. The van der Waals surface area contributed by atoms with Crippen LogP contribution in [0.5, 0.6) is 11.5 Å². The Hall–Kier alpha value is -3.59. The number of nitrogens with zero attached hydrogens (tertiary/aromatic N) is 5. The molecule has 2 fully saturated rings. The van der Waals surface area contributed by atoms with Gasteiger partial charge in [0.2, 0.25) is 6.79 Å². The number of hydrogen-bond donors (Lipinski definition) is 0. The average Bonchev–Trinajstić information content (AvgIpc) is 3.64. The predicted molar refractivity (Wildman–Crippen MR) is 137 cm³/mol. The van der Waals surface area contributed by atoms with Crippen molar-refractivity contribution >= 4 is 11.5 Å². The monoisotopic (exact) mass is 503 g/mol. The zero-order valence-corrected chi connectivity index (χ0v) is 20.9. The smallest absolute Gasteiger partial charge is 0.231 e. The van der Waals surface area contributed by atoms with E-state index in [1.54, 1.807) is 6.33 Å². The van der Waals surface area contributed by atoms with Crippen molar-refractivity contribution in [2.75, 3.05) is 31.6 Å². The number of fused-ring (bicyclic) bond motifs is 2. The second-order valence-corrected chi connectivity index (χ2v) is 10.3. The minimum absolute atomic E-state index is 0.215. The van der Waals surface area contributed by atoms with Crippen LogP contribution >= 0.6 is 0 Å². The molecule has 1 aromatic heterocycles. The Labute approximate surface area is 215 Å². The van der Waals surface area contributed by atoms with E-state index in [-0.39, 0.29) is 18.5 Å². The van der Waals surface area contributed by atoms with Gasteiger partial charge in [0.1, 0.15) is 11.7 Å². The summed E-state index contributed by atoms with van der Waals surface area (Å²) in [4.78, 5) is 9.79. The Kier molecular flexibility index (Phi) is 5.35. The number of aromatic nitrogens is 2. The fraction of sp³-hybridized carbons (Fsp3) is 0.429. The van der Waals surface area contributed by atoms with E-state index < -0.39 is 5.66 Å². The molecule has 7 rings (SSSR count). The molecule has 1 spiro atoms. The van der Waals surface area contributed by atoms with E-state index in [1.807, 2.05) is 29.8 Å². The third-order valence-electron chi connectivity index (χ3n) is 7.91. The Balaban J connectivity index is 1.23. The van der Waals surface area contributed by atoms with Crippen molar-refractivity contribution in [2.45, 2.75) is 44.7 Å². The minimum atomic E-state index is -0.390. The molecule has 37 heavy (non-hydrogen) atoms. The lowest BCUT2D eigenvalue weighted by Crippen LogP contribution is -2.56. The summed E-state index contributed by atoms with van der Waals surface area (Å²) in [6.07, 6.45) is 8.33. The first-order valence-corrected chi connectivity index (χ1v) is 13.0. The molecule has 9 heteroatoms. The van der Waals surface area contributed by atoms with Crippen molar-refractivity contribution in [1.29, 1.82) is 0 Å². The first kappa shape index (κ1) is 22.6. The molecule has 2 aromatic carbocycles. The second-order valence-electron chi connectivity index (χ2n) is 10.3. The molecule has 1 atom stereocenters. The van der Waals surface area contributed by atoms with Crippen LogP contribution in [-0.4, -0.2) is 52.6 Å². The van der Waals surface area contributed by atoms with E-state index in [1.165, 1.54) is 12.1 Å². The third kappa shape index (κ3) is 3.75. The maximum atomic E-state index is 13.8. The first-order chi connectivity index (χ1) is 18.1. The number of hydrazine groups is 1. The SMILES string of the molecule is Cc1cn(-c2ccc(CC3CCCN4C3=NC3(CCOCC3)N4c3ccc(F)cc3)c3c2OCO3)cn1. The van der Waals surface area contributed by atoms with Gasteiger partial charge in [0, 0.05) is 31.5 Å². The molecule has 0 bridgehead atoms. The lowest BCUT2D eigenvalue weighted by Gasteiger charge is -2.46. The van der Waals surface area contributed by atoms with Gasteiger partial charge >= 0.3 is 0 Å². The van der Waals surface area contributed by atoms with Crippen molar-refractivity contribution < 1.29 is 18.6 Å². The third-order valence-corrected chi connectivity index (χ3v) is 7.91. The summed E-state index contributed by atoms with van der Waals surface area (Å²) in [6.45, 7) is 4.42. The van der Waals surface area contributed by atoms with Gasteiger partial charge in [-0.25, -0.2) is 14.4 Å². The van der Waals surface area contributed by atoms with Crippen LogP contribution in [0.1, 0.15) is 36.9 Å². The summed E-state index contributed by atoms with van der Waals surface area (Å²) < 4.78 is 33.4. The number of anilines is 1. The second kappa shape index (κ2) is 8.76. The molecule has 4 aliphatic heterocycles. The van der Waals surface area contributed by atoms with Crippen LogP contribution < -0.4 is 14.5 Å². The number of rotatable bonds is 4. The highest BCUT2D eigenvalue weighted by Crippen LogP contribution is 2.46. The summed E-state index contributed by atoms with van der Waals surface area (Å²) in [6, 6.07) is 11.0. The van der Waals surface area contributed by atoms with Crippen LogP contribution in [-0.2, 0) is 11.2 Å². The largest absolute Gasteiger partial charge is 0.453 e. The van der Waals surface area contributed by atoms with E-state index >= 15 is 0 Å². The predicted octanol–water partition coefficient (Wildman–Crippen LogP) is 4.64. The minimum Gasteiger partial charge on any atom is -0.453 e. The fourth-order valence-corrected chi connectivity index (χ4v) is 6.18. The van der Waals surface area contributed by atoms with Crippen LogP contribution in [0.25, 0.3) is 5.69 Å². The van der Waals surface area contributed by atoms with E-state index in [2.05, 4.69) is 27.1 Å². The molecule has 5 heterocycles. The maximum Gasteiger partial charge on any atom is 0.231 e. The average molecular weight is 504 g/mol. The van der Waals surface area contributed by atoms with Crippen LogP contribution in [0.3, 0.4) is 0 Å². The molecule has 0 N–H and O–H groups in total. The summed E-state index contributed by atoms with van der Waals surface area (Å²) in [5.41, 5.74) is 3.60. The molecular weight excluding hydrogens is 473 g/mol. The molecule has 1 unspecified atom stereocenters. The standard InChI is InChI=1S/C28H30FN5O3/c1-19-16-32(17-30-19)24-9-4-20(25-26(24)37-18-36-25)15-21-3-2-12-33-27(21)31-28(10-13-35-14-11-28)34(33)23-7-5-22(29)6-8-23/h4-9,16-17,21H,2-3,10-15,18H2,1H3. The summed E-state index contributed by atoms with van der Waals surface area (Å²) in [5, 5.41) is 4.65. The molecule has 4 aliphatic rings. The van der Waals surface area contributed by atoms with Gasteiger partial charge < -0.3 is 18.8 Å². The zero-order chi connectivity index (χ0) is 25.0. The van der Waals surface area contributed by atoms with Crippen LogP contribution in [0, 0.1) is 18.7 Å². The number of hydrogen-bond acceptors (Lipinski definition) is 7. The van der Waals surface area contributed by atoms with Crippen LogP contribution in [0.4, 0.5) is 10.1 Å². The van der Waals surface area contributed by atoms with Gasteiger partial charge in [0.05, 0.1) is 36.6 Å². The summed E-state index contributed by atoms with van der Waals surface area (Å²) in [7, 11) is 0. The van der Waals surface area contributed by atoms with Crippen molar-refractivity contribution in [3.63, 3.8) is 0 Å². The number of halogens is 1. The number of benzene rings is 2. The van der Waals surface area contributed by atoms with E-state index in [0.29, 0.717) is 13.2 Å². The van der Waals surface area contributed by atoms with Gasteiger partial charge in [-0.1, -0.05) is 6.07 Å². The highest BCUT2D eigenvalue weighted by atomic mass is 19.1. The Bertz CT molecular complexity index is 1350. The lowest BCUT2D eigenvalue weighted by atomic mass is 9.90. The summed E-state index contributed by atoms with van der Waals surface area (Å²) >= 11 is 0. The Morgan fingerprint density at radius 1 is 1.05 bits per heavy atom. The number of aryl methyl sites for hydroxylation is 1. The molecule has 2 saturated heterocycles. The number of amidine groups is 1. The molecule has 192 valence electrons. The number of ether oxygens (including phenoxy) is 3. The molecule has 0 amide bonds. The molecule has 0 aliphatic carbocycles. The molecule has 0 radical (unpaired) electrons. The topological polar surface area (TPSA) is 64.4 Å². The molecule has 3 aromatic rings. The van der Waals surface area contributed by atoms with Gasteiger partial charge in [-0.3, -0.25) is 10.0 Å². The quantitative estimate of drug-likeness (QED) is 0.517. The van der Waals surface area contributed by atoms with Gasteiger partial charge in [0.25, 0.3) is 0 Å². The van der Waals surface area contributed by atoms with Gasteiger partial charge in [-0.15, -0.1) is 0 Å². The number of aliphatic imine (C=N–C) groups is 1.